The maximum Gasteiger partial charge on any atom is 0.312 e. The Hall–Kier alpha value is -1.20. The monoisotopic (exact) mass is 559 g/mol. The maximum absolute atomic E-state index is 13.7. The molecule has 36 heavy (non-hydrogen) atoms. The minimum Gasteiger partial charge on any atom is -1.00 e. The number of rotatable bonds is 6. The Morgan fingerprint density at radius 1 is 1.00 bits per heavy atom. The highest BCUT2D eigenvalue weighted by atomic mass is 79.9. The van der Waals surface area contributed by atoms with Gasteiger partial charge in [-0.25, -0.2) is 0 Å². The number of fused-ring (bicyclic) bond motifs is 3. The fraction of sp³-hybridized carbons (Fsp3) is 0.742. The van der Waals surface area contributed by atoms with Crippen LogP contribution in [0.3, 0.4) is 0 Å². The van der Waals surface area contributed by atoms with Gasteiger partial charge in [0.05, 0.1) is 19.5 Å². The molecular weight excluding hydrogens is 514 g/mol. The molecule has 4 aliphatic rings. The first-order chi connectivity index (χ1) is 16.4. The van der Waals surface area contributed by atoms with Gasteiger partial charge in [0.15, 0.2) is 0 Å². The van der Waals surface area contributed by atoms with E-state index in [1.165, 1.54) is 12.0 Å². The van der Waals surface area contributed by atoms with Crippen molar-refractivity contribution in [2.75, 3.05) is 27.2 Å². The number of benzene rings is 1. The molecule has 1 aromatic rings. The van der Waals surface area contributed by atoms with E-state index in [0.717, 1.165) is 68.9 Å². The van der Waals surface area contributed by atoms with Gasteiger partial charge in [-0.15, -0.1) is 0 Å². The van der Waals surface area contributed by atoms with E-state index < -0.39 is 5.41 Å². The van der Waals surface area contributed by atoms with E-state index in [2.05, 4.69) is 59.1 Å². The van der Waals surface area contributed by atoms with Gasteiger partial charge in [-0.3, -0.25) is 9.59 Å². The standard InChI is InChI=1S/C31H46NO3.BrH/c1-28-16-12-25-29(2)14-9-15-30(3,24(29)13-17-31(25,22-28)20-26(28)33)27(34)35-19-18-32(4,5)21-23-10-7-6-8-11-23;/h6-8,10-11,24-25H,9,12-22H2,1-5H3;1H/q+1;/p-1/t24-,25-,28-,29+,30+,31-;/m0./s1. The zero-order valence-corrected chi connectivity index (χ0v) is 24.7. The Morgan fingerprint density at radius 2 is 1.69 bits per heavy atom. The molecule has 4 fully saturated rings. The quantitative estimate of drug-likeness (QED) is 0.397. The molecule has 0 saturated heterocycles. The van der Waals surface area contributed by atoms with Crippen LogP contribution in [-0.2, 0) is 20.9 Å². The fourth-order valence-corrected chi connectivity index (χ4v) is 9.46. The third-order valence-corrected chi connectivity index (χ3v) is 11.2. The second kappa shape index (κ2) is 9.52. The number of ketones is 1. The molecule has 4 nitrogen and oxygen atoms in total. The highest BCUT2D eigenvalue weighted by Gasteiger charge is 2.68. The lowest BCUT2D eigenvalue weighted by molar-refractivity contribution is -0.903. The summed E-state index contributed by atoms with van der Waals surface area (Å²) in [5, 5.41) is 0. The highest BCUT2D eigenvalue weighted by molar-refractivity contribution is 5.88. The molecule has 4 saturated carbocycles. The molecule has 200 valence electrons. The Kier molecular flexibility index (Phi) is 7.36. The Bertz CT molecular complexity index is 995. The topological polar surface area (TPSA) is 43.4 Å². The predicted octanol–water partition coefficient (Wildman–Crippen LogP) is 3.18. The minimum absolute atomic E-state index is 0. The van der Waals surface area contributed by atoms with Crippen LogP contribution in [0.1, 0.15) is 84.1 Å². The number of carbonyl (C=O) groups excluding carboxylic acids is 2. The summed E-state index contributed by atoms with van der Waals surface area (Å²) in [7, 11) is 4.42. The molecule has 5 heteroatoms. The molecule has 0 radical (unpaired) electrons. The lowest BCUT2D eigenvalue weighted by Gasteiger charge is -2.63. The number of likely N-dealkylation sites (N-methyl/N-ethyl adjacent to an activating group) is 1. The van der Waals surface area contributed by atoms with Crippen LogP contribution in [0, 0.1) is 33.5 Å². The van der Waals surface area contributed by atoms with E-state index in [9.17, 15) is 9.59 Å². The summed E-state index contributed by atoms with van der Waals surface area (Å²) < 4.78 is 6.87. The second-order valence-corrected chi connectivity index (χ2v) is 14.1. The van der Waals surface area contributed by atoms with Crippen molar-refractivity contribution in [1.29, 1.82) is 0 Å². The normalized spacial score (nSPS) is 39.5. The van der Waals surface area contributed by atoms with Crippen LogP contribution in [-0.4, -0.2) is 43.5 Å². The summed E-state index contributed by atoms with van der Waals surface area (Å²) in [6.07, 6.45) is 9.46. The van der Waals surface area contributed by atoms with Gasteiger partial charge in [0.2, 0.25) is 0 Å². The smallest absolute Gasteiger partial charge is 0.312 e. The van der Waals surface area contributed by atoms with Crippen LogP contribution < -0.4 is 17.0 Å². The molecule has 5 rings (SSSR count). The van der Waals surface area contributed by atoms with E-state index in [0.29, 0.717) is 24.2 Å². The molecule has 0 N–H and O–H groups in total. The minimum atomic E-state index is -0.408. The summed E-state index contributed by atoms with van der Waals surface area (Å²) in [6.45, 7) is 9.10. The summed E-state index contributed by atoms with van der Waals surface area (Å²) in [5.41, 5.74) is 1.15. The molecule has 0 unspecified atom stereocenters. The van der Waals surface area contributed by atoms with Gasteiger partial charge in [0.1, 0.15) is 25.5 Å². The molecule has 1 spiro atoms. The van der Waals surface area contributed by atoms with Crippen molar-refractivity contribution in [2.24, 2.45) is 33.5 Å². The van der Waals surface area contributed by atoms with Crippen molar-refractivity contribution in [1.82, 2.24) is 0 Å². The van der Waals surface area contributed by atoms with Gasteiger partial charge < -0.3 is 26.2 Å². The summed E-state index contributed by atoms with van der Waals surface area (Å²) >= 11 is 0. The molecule has 0 amide bonds. The van der Waals surface area contributed by atoms with Crippen LogP contribution in [0.25, 0.3) is 0 Å². The third-order valence-electron chi connectivity index (χ3n) is 11.2. The van der Waals surface area contributed by atoms with E-state index in [1.807, 2.05) is 6.07 Å². The number of hydrogen-bond acceptors (Lipinski definition) is 3. The molecular formula is C31H46BrNO3. The van der Waals surface area contributed by atoms with Crippen molar-refractivity contribution in [3.05, 3.63) is 35.9 Å². The zero-order valence-electron chi connectivity index (χ0n) is 23.1. The van der Waals surface area contributed by atoms with Crippen LogP contribution in [0.15, 0.2) is 30.3 Å². The maximum atomic E-state index is 13.7. The molecule has 4 aliphatic carbocycles. The number of carbonyl (C=O) groups is 2. The molecule has 0 aromatic heterocycles. The van der Waals surface area contributed by atoms with Crippen molar-refractivity contribution in [3.8, 4) is 0 Å². The summed E-state index contributed by atoms with van der Waals surface area (Å²) in [4.78, 5) is 26.7. The number of esters is 1. The average Bonchev–Trinajstić information content (AvgIpc) is 2.96. The van der Waals surface area contributed by atoms with Gasteiger partial charge in [-0.1, -0.05) is 50.6 Å². The SMILES string of the molecule is C[C@@]12CC[C@@H]3[C@@](CC[C@H]4[C@@]3(C)CCC[C@@]4(C)C(=O)OCC[N+](C)(C)Cc3ccccc3)(CC1=O)C2.[Br-]. The van der Waals surface area contributed by atoms with Crippen molar-refractivity contribution >= 4 is 11.8 Å². The number of halogens is 1. The molecule has 6 atom stereocenters. The van der Waals surface area contributed by atoms with Crippen LogP contribution in [0.4, 0.5) is 0 Å². The number of nitrogens with zero attached hydrogens (tertiary/aromatic N) is 1. The first-order valence-corrected chi connectivity index (χ1v) is 14.0. The van der Waals surface area contributed by atoms with E-state index >= 15 is 0 Å². The van der Waals surface area contributed by atoms with Gasteiger partial charge >= 0.3 is 5.97 Å². The summed E-state index contributed by atoms with van der Waals surface area (Å²) in [5.74, 6) is 1.46. The van der Waals surface area contributed by atoms with E-state index in [-0.39, 0.29) is 39.2 Å². The third kappa shape index (κ3) is 4.51. The van der Waals surface area contributed by atoms with Crippen LogP contribution in [0.5, 0.6) is 0 Å². The Balaban J connectivity index is 0.00000304. The van der Waals surface area contributed by atoms with Gasteiger partial charge in [-0.05, 0) is 74.5 Å². The predicted molar refractivity (Wildman–Crippen MR) is 138 cm³/mol. The largest absolute Gasteiger partial charge is 1.00 e. The number of Topliss-reactive ketones (excluding diaryl/α,β-unsaturated/α-hetero) is 1. The first-order valence-electron chi connectivity index (χ1n) is 14.0. The number of ether oxygens (including phenoxy) is 1. The van der Waals surface area contributed by atoms with Crippen LogP contribution in [0.2, 0.25) is 0 Å². The van der Waals surface area contributed by atoms with Crippen molar-refractivity contribution < 1.29 is 35.8 Å². The number of hydrogen-bond donors (Lipinski definition) is 0. The summed E-state index contributed by atoms with van der Waals surface area (Å²) in [6, 6.07) is 10.5. The van der Waals surface area contributed by atoms with Crippen LogP contribution >= 0.6 is 0 Å². The molecule has 0 aliphatic heterocycles. The van der Waals surface area contributed by atoms with Gasteiger partial charge in [-0.2, -0.15) is 0 Å². The Labute approximate surface area is 228 Å². The van der Waals surface area contributed by atoms with E-state index in [4.69, 9.17) is 4.74 Å². The molecule has 2 bridgehead atoms. The molecule has 0 heterocycles. The average molecular weight is 561 g/mol. The lowest BCUT2D eigenvalue weighted by Crippen LogP contribution is -3.00. The highest BCUT2D eigenvalue weighted by Crippen LogP contribution is 2.73. The van der Waals surface area contributed by atoms with Crippen molar-refractivity contribution in [3.63, 3.8) is 0 Å². The van der Waals surface area contributed by atoms with E-state index in [1.54, 1.807) is 0 Å². The zero-order chi connectivity index (χ0) is 25.1. The van der Waals surface area contributed by atoms with Gasteiger partial charge in [0.25, 0.3) is 0 Å². The first kappa shape index (κ1) is 27.8. The lowest BCUT2D eigenvalue weighted by atomic mass is 9.40. The number of quaternary nitrogens is 1. The fourth-order valence-electron chi connectivity index (χ4n) is 9.46. The second-order valence-electron chi connectivity index (χ2n) is 14.1. The Morgan fingerprint density at radius 3 is 2.42 bits per heavy atom. The van der Waals surface area contributed by atoms with Gasteiger partial charge in [0, 0.05) is 17.4 Å². The van der Waals surface area contributed by atoms with Crippen molar-refractivity contribution in [2.45, 2.75) is 85.1 Å². The molecule has 1 aromatic carbocycles.